The highest BCUT2D eigenvalue weighted by molar-refractivity contribution is 6.39. The molecule has 0 aromatic carbocycles. The number of nitrogens with zero attached hydrogens (tertiary/aromatic N) is 1. The van der Waals surface area contributed by atoms with Gasteiger partial charge in [-0.2, -0.15) is 0 Å². The molecule has 3 amide bonds. The van der Waals surface area contributed by atoms with Gasteiger partial charge in [-0.3, -0.25) is 24.1 Å². The molecule has 10 heteroatoms. The lowest BCUT2D eigenvalue weighted by atomic mass is 9.92. The summed E-state index contributed by atoms with van der Waals surface area (Å²) in [6.07, 6.45) is 0.249. The van der Waals surface area contributed by atoms with E-state index >= 15 is 0 Å². The van der Waals surface area contributed by atoms with Crippen molar-refractivity contribution in [1.29, 1.82) is 0 Å². The molecule has 6 N–H and O–H groups in total. The Morgan fingerprint density at radius 1 is 0.903 bits per heavy atom. The van der Waals surface area contributed by atoms with E-state index in [1.807, 2.05) is 0 Å². The summed E-state index contributed by atoms with van der Waals surface area (Å²) in [6.45, 7) is 11.6. The highest BCUT2D eigenvalue weighted by atomic mass is 16.4. The van der Waals surface area contributed by atoms with E-state index in [2.05, 4.69) is 5.32 Å². The van der Waals surface area contributed by atoms with Crippen LogP contribution in [0.2, 0.25) is 0 Å². The van der Waals surface area contributed by atoms with Crippen LogP contribution in [0.1, 0.15) is 61.3 Å². The van der Waals surface area contributed by atoms with Crippen LogP contribution >= 0.6 is 0 Å². The highest BCUT2D eigenvalue weighted by Gasteiger charge is 2.44. The van der Waals surface area contributed by atoms with Gasteiger partial charge in [-0.25, -0.2) is 4.79 Å². The van der Waals surface area contributed by atoms with E-state index in [1.165, 1.54) is 0 Å². The zero-order chi connectivity index (χ0) is 24.6. The van der Waals surface area contributed by atoms with Crippen molar-refractivity contribution < 1.29 is 29.1 Å². The van der Waals surface area contributed by atoms with Crippen molar-refractivity contribution in [3.05, 3.63) is 0 Å². The summed E-state index contributed by atoms with van der Waals surface area (Å²) in [4.78, 5) is 63.8. The number of Topliss-reactive ketones (excluding diaryl/α,β-unsaturated/α-hetero) is 1. The fourth-order valence-electron chi connectivity index (χ4n) is 2.86. The summed E-state index contributed by atoms with van der Waals surface area (Å²) in [5, 5.41) is 11.8. The smallest absolute Gasteiger partial charge is 0.326 e. The molecule has 0 aliphatic rings. The Hall–Kier alpha value is -2.33. The van der Waals surface area contributed by atoms with Crippen molar-refractivity contribution in [2.24, 2.45) is 29.2 Å². The Morgan fingerprint density at radius 2 is 1.42 bits per heavy atom. The summed E-state index contributed by atoms with van der Waals surface area (Å²) >= 11 is 0. The molecule has 0 bridgehead atoms. The molecule has 0 heterocycles. The summed E-state index contributed by atoms with van der Waals surface area (Å²) in [6, 6.07) is -5.07. The normalized spacial score (nSPS) is 15.4. The molecule has 0 saturated carbocycles. The number of hydrogen-bond donors (Lipinski definition) is 4. The fourth-order valence-corrected chi connectivity index (χ4v) is 2.86. The Kier molecular flexibility index (Phi) is 11.6. The van der Waals surface area contributed by atoms with Gasteiger partial charge in [0.05, 0.1) is 6.04 Å². The number of carbonyl (C=O) groups excluding carboxylic acids is 4. The van der Waals surface area contributed by atoms with Crippen molar-refractivity contribution in [2.75, 3.05) is 0 Å². The van der Waals surface area contributed by atoms with E-state index < -0.39 is 59.6 Å². The minimum absolute atomic E-state index is 0.117. The number of imide groups is 1. The second-order valence-corrected chi connectivity index (χ2v) is 8.79. The number of amides is 3. The summed E-state index contributed by atoms with van der Waals surface area (Å²) in [5.41, 5.74) is 12.2. The van der Waals surface area contributed by atoms with E-state index in [9.17, 15) is 29.1 Å². The predicted octanol–water partition coefficient (Wildman–Crippen LogP) is 0.271. The van der Waals surface area contributed by atoms with Gasteiger partial charge in [0.2, 0.25) is 17.6 Å². The lowest BCUT2D eigenvalue weighted by Crippen LogP contribution is -2.66. The maximum atomic E-state index is 13.2. The van der Waals surface area contributed by atoms with E-state index in [-0.39, 0.29) is 18.3 Å². The molecule has 4 atom stereocenters. The summed E-state index contributed by atoms with van der Waals surface area (Å²) in [7, 11) is 0. The van der Waals surface area contributed by atoms with Crippen molar-refractivity contribution in [1.82, 2.24) is 10.2 Å². The third-order valence-electron chi connectivity index (χ3n) is 5.09. The Morgan fingerprint density at radius 3 is 1.77 bits per heavy atom. The van der Waals surface area contributed by atoms with E-state index in [1.54, 1.807) is 48.5 Å². The van der Waals surface area contributed by atoms with Crippen LogP contribution in [0.3, 0.4) is 0 Å². The van der Waals surface area contributed by atoms with Crippen LogP contribution in [-0.2, 0) is 24.0 Å². The van der Waals surface area contributed by atoms with Gasteiger partial charge in [-0.15, -0.1) is 0 Å². The number of ketones is 1. The molecule has 10 nitrogen and oxygen atoms in total. The van der Waals surface area contributed by atoms with E-state index in [0.29, 0.717) is 11.3 Å². The number of rotatable bonds is 12. The average Bonchev–Trinajstić information content (AvgIpc) is 2.67. The van der Waals surface area contributed by atoms with Crippen LogP contribution in [0, 0.1) is 17.8 Å². The molecule has 0 fully saturated rings. The molecule has 0 rings (SSSR count). The monoisotopic (exact) mass is 442 g/mol. The zero-order valence-corrected chi connectivity index (χ0v) is 19.5. The first-order chi connectivity index (χ1) is 14.2. The predicted molar refractivity (Wildman–Crippen MR) is 116 cm³/mol. The van der Waals surface area contributed by atoms with Gasteiger partial charge in [0.15, 0.2) is 0 Å². The molecule has 0 aliphatic carbocycles. The molecule has 0 aromatic rings. The molecule has 1 unspecified atom stereocenters. The molecule has 0 aliphatic heterocycles. The standard InChI is InChI=1S/C21H38N4O6/c1-8-9-13(26)19(28)25(20(29)15(23)11(4)5)17(14(22)10(2)3)18(27)24-16(12(6)7)21(30)31/h10-12,14-17H,8-9,22-23H2,1-7H3,(H,24,27)(H,30,31)/t14?,15-,16-,17+/m0/s1. The number of nitrogens with two attached hydrogens (primary N) is 2. The van der Waals surface area contributed by atoms with Gasteiger partial charge in [-0.05, 0) is 24.2 Å². The minimum atomic E-state index is -1.59. The highest BCUT2D eigenvalue weighted by Crippen LogP contribution is 2.17. The van der Waals surface area contributed by atoms with Gasteiger partial charge in [0.1, 0.15) is 12.1 Å². The molecular formula is C21H38N4O6. The number of carboxylic acid groups (broad SMARTS) is 1. The molecule has 178 valence electrons. The Bertz CT molecular complexity index is 677. The second-order valence-electron chi connectivity index (χ2n) is 8.79. The quantitative estimate of drug-likeness (QED) is 0.312. The van der Waals surface area contributed by atoms with Gasteiger partial charge < -0.3 is 21.9 Å². The Labute approximate surface area is 184 Å². The molecule has 0 radical (unpaired) electrons. The van der Waals surface area contributed by atoms with Gasteiger partial charge in [-0.1, -0.05) is 48.5 Å². The van der Waals surface area contributed by atoms with Crippen molar-refractivity contribution >= 4 is 29.5 Å². The van der Waals surface area contributed by atoms with Gasteiger partial charge in [0, 0.05) is 12.5 Å². The van der Waals surface area contributed by atoms with Crippen molar-refractivity contribution in [3.8, 4) is 0 Å². The third kappa shape index (κ3) is 7.70. The van der Waals surface area contributed by atoms with Crippen LogP contribution in [-0.4, -0.2) is 63.6 Å². The summed E-state index contributed by atoms with van der Waals surface area (Å²) in [5.74, 6) is -6.36. The Balaban J connectivity index is 6.49. The first kappa shape index (κ1) is 28.7. The van der Waals surface area contributed by atoms with Crippen LogP contribution in [0.5, 0.6) is 0 Å². The number of hydrogen-bond acceptors (Lipinski definition) is 7. The molecule has 0 aromatic heterocycles. The maximum Gasteiger partial charge on any atom is 0.326 e. The molecular weight excluding hydrogens is 404 g/mol. The number of aliphatic carboxylic acids is 1. The first-order valence-corrected chi connectivity index (χ1v) is 10.6. The third-order valence-corrected chi connectivity index (χ3v) is 5.09. The topological polar surface area (TPSA) is 173 Å². The number of carbonyl (C=O) groups is 5. The largest absolute Gasteiger partial charge is 0.480 e. The van der Waals surface area contributed by atoms with Gasteiger partial charge >= 0.3 is 5.97 Å². The second kappa shape index (κ2) is 12.5. The molecule has 0 spiro atoms. The zero-order valence-electron chi connectivity index (χ0n) is 19.5. The van der Waals surface area contributed by atoms with Crippen LogP contribution in [0.15, 0.2) is 0 Å². The number of nitrogens with one attached hydrogen (secondary N) is 1. The van der Waals surface area contributed by atoms with Crippen LogP contribution in [0.25, 0.3) is 0 Å². The van der Waals surface area contributed by atoms with Crippen molar-refractivity contribution in [2.45, 2.75) is 85.5 Å². The van der Waals surface area contributed by atoms with E-state index in [0.717, 1.165) is 0 Å². The van der Waals surface area contributed by atoms with Crippen molar-refractivity contribution in [3.63, 3.8) is 0 Å². The summed E-state index contributed by atoms with van der Waals surface area (Å²) < 4.78 is 0. The SMILES string of the molecule is CCCC(=O)C(=O)N(C(=O)[C@@H](N)C(C)C)[C@@H](C(=O)N[C@H](C(=O)O)C(C)C)C(N)C(C)C. The maximum absolute atomic E-state index is 13.2. The van der Waals surface area contributed by atoms with E-state index in [4.69, 9.17) is 11.5 Å². The molecule has 0 saturated heterocycles. The minimum Gasteiger partial charge on any atom is -0.480 e. The lowest BCUT2D eigenvalue weighted by molar-refractivity contribution is -0.159. The van der Waals surface area contributed by atoms with Crippen LogP contribution in [0.4, 0.5) is 0 Å². The molecule has 31 heavy (non-hydrogen) atoms. The van der Waals surface area contributed by atoms with Crippen LogP contribution < -0.4 is 16.8 Å². The average molecular weight is 443 g/mol. The fraction of sp³-hybridized carbons (Fsp3) is 0.762. The number of carboxylic acids is 1. The van der Waals surface area contributed by atoms with Gasteiger partial charge in [0.25, 0.3) is 5.91 Å². The first-order valence-electron chi connectivity index (χ1n) is 10.6. The lowest BCUT2D eigenvalue weighted by Gasteiger charge is -2.37.